The number of hydrogen-bond donors (Lipinski definition) is 0. The monoisotopic (exact) mass is 234 g/mol. The smallest absolute Gasteiger partial charge is 0.417 e. The minimum Gasteiger partial charge on any atom is -0.450 e. The van der Waals surface area contributed by atoms with Crippen LogP contribution in [0.4, 0.5) is 0 Å². The zero-order valence-electron chi connectivity index (χ0n) is 10.2. The number of ether oxygens (including phenoxy) is 1. The molecule has 17 heavy (non-hydrogen) atoms. The van der Waals surface area contributed by atoms with Crippen LogP contribution in [0.5, 0.6) is 0 Å². The van der Waals surface area contributed by atoms with Gasteiger partial charge in [0.25, 0.3) is 0 Å². The minimum atomic E-state index is -0.450. The molecule has 4 nitrogen and oxygen atoms in total. The van der Waals surface area contributed by atoms with Crippen LogP contribution >= 0.6 is 0 Å². The molecule has 0 radical (unpaired) electrons. The van der Waals surface area contributed by atoms with Gasteiger partial charge < -0.3 is 10.3 Å². The van der Waals surface area contributed by atoms with Crippen molar-refractivity contribution in [2.75, 3.05) is 0 Å². The van der Waals surface area contributed by atoms with Gasteiger partial charge in [0.05, 0.1) is 0 Å². The molecule has 4 rings (SSSR count). The molecule has 4 fully saturated rings. The van der Waals surface area contributed by atoms with E-state index in [2.05, 4.69) is 4.79 Å². The number of rotatable bonds is 2. The lowest BCUT2D eigenvalue weighted by atomic mass is 9.54. The Kier molecular flexibility index (Phi) is 2.37. The topological polar surface area (TPSA) is 62.7 Å². The highest BCUT2D eigenvalue weighted by Gasteiger charge is 2.53. The number of carbonyl (C=O) groups is 1. The third kappa shape index (κ3) is 1.81. The summed E-state index contributed by atoms with van der Waals surface area (Å²) < 4.78 is 5.67. The molecule has 0 N–H and O–H groups in total. The van der Waals surface area contributed by atoms with Crippen molar-refractivity contribution in [1.29, 1.82) is 0 Å². The second-order valence-electron chi connectivity index (χ2n) is 6.18. The summed E-state index contributed by atoms with van der Waals surface area (Å²) in [7, 11) is 0. The summed E-state index contributed by atoms with van der Waals surface area (Å²) >= 11 is 0. The van der Waals surface area contributed by atoms with Gasteiger partial charge in [-0.2, -0.15) is 4.79 Å². The molecule has 4 aliphatic rings. The van der Waals surface area contributed by atoms with Gasteiger partial charge in [-0.25, -0.2) is 4.79 Å². The summed E-state index contributed by atoms with van der Waals surface area (Å²) in [4.78, 5) is 14.7. The normalized spacial score (nSPS) is 42.1. The molecule has 0 amide bonds. The van der Waals surface area contributed by atoms with Crippen molar-refractivity contribution in [3.63, 3.8) is 0 Å². The summed E-state index contributed by atoms with van der Waals surface area (Å²) in [5.74, 6) is 1.80. The van der Waals surface area contributed by atoms with Crippen LogP contribution < -0.4 is 0 Å². The van der Waals surface area contributed by atoms with E-state index in [4.69, 9.17) is 10.3 Å². The Balaban J connectivity index is 1.78. The lowest BCUT2D eigenvalue weighted by Crippen LogP contribution is -2.53. The Morgan fingerprint density at radius 3 is 2.06 bits per heavy atom. The van der Waals surface area contributed by atoms with Crippen LogP contribution in [0.2, 0.25) is 0 Å². The number of esters is 1. The van der Waals surface area contributed by atoms with Gasteiger partial charge in [-0.15, -0.1) is 0 Å². The first kappa shape index (κ1) is 11.0. The van der Waals surface area contributed by atoms with Gasteiger partial charge >= 0.3 is 11.7 Å². The van der Waals surface area contributed by atoms with E-state index in [1.807, 2.05) is 0 Å². The fourth-order valence-electron chi connectivity index (χ4n) is 4.47. The average molecular weight is 234 g/mol. The highest BCUT2D eigenvalue weighted by atomic mass is 16.6. The van der Waals surface area contributed by atoms with E-state index >= 15 is 0 Å². The highest BCUT2D eigenvalue weighted by Crippen LogP contribution is 2.57. The third-order valence-corrected chi connectivity index (χ3v) is 4.74. The molecule has 4 bridgehead atoms. The van der Waals surface area contributed by atoms with Crippen molar-refractivity contribution in [2.24, 2.45) is 17.8 Å². The molecule has 4 aliphatic carbocycles. The number of carbonyl (C=O) groups excluding carboxylic acids is 1. The molecule has 0 aliphatic heterocycles. The Morgan fingerprint density at radius 2 is 1.65 bits per heavy atom. The fourth-order valence-corrected chi connectivity index (χ4v) is 4.47. The van der Waals surface area contributed by atoms with Gasteiger partial charge in [0.15, 0.2) is 0 Å². The van der Waals surface area contributed by atoms with Crippen molar-refractivity contribution in [1.82, 2.24) is 0 Å². The maximum atomic E-state index is 11.7. The summed E-state index contributed by atoms with van der Waals surface area (Å²) in [6, 6.07) is 0. The molecule has 0 heterocycles. The molecule has 0 unspecified atom stereocenters. The Hall–Kier alpha value is -1.15. The largest absolute Gasteiger partial charge is 0.450 e. The van der Waals surface area contributed by atoms with Crippen molar-refractivity contribution in [2.45, 2.75) is 51.0 Å². The van der Waals surface area contributed by atoms with Crippen LogP contribution in [0.3, 0.4) is 0 Å². The first-order valence-electron chi connectivity index (χ1n) is 6.52. The van der Waals surface area contributed by atoms with E-state index in [1.54, 1.807) is 0 Å². The van der Waals surface area contributed by atoms with E-state index in [1.165, 1.54) is 26.2 Å². The van der Waals surface area contributed by atoms with Crippen molar-refractivity contribution >= 4 is 11.7 Å². The quantitative estimate of drug-likeness (QED) is 0.318. The second-order valence-corrected chi connectivity index (χ2v) is 6.18. The Labute approximate surface area is 101 Å². The van der Waals surface area contributed by atoms with Crippen LogP contribution in [0.25, 0.3) is 5.53 Å². The fraction of sp³-hybridized carbons (Fsp3) is 0.846. The maximum Gasteiger partial charge on any atom is 0.417 e. The van der Waals surface area contributed by atoms with Gasteiger partial charge in [-0.1, -0.05) is 0 Å². The molecule has 0 saturated heterocycles. The molecular weight excluding hydrogens is 216 g/mol. The van der Waals surface area contributed by atoms with E-state index < -0.39 is 5.97 Å². The van der Waals surface area contributed by atoms with E-state index in [-0.39, 0.29) is 11.3 Å². The van der Waals surface area contributed by atoms with Gasteiger partial charge in [-0.05, 0) is 56.3 Å². The summed E-state index contributed by atoms with van der Waals surface area (Å²) in [5.41, 5.74) is 8.42. The van der Waals surface area contributed by atoms with Gasteiger partial charge in [0.2, 0.25) is 0 Å². The lowest BCUT2D eigenvalue weighted by Gasteiger charge is -2.55. The van der Waals surface area contributed by atoms with E-state index in [0.717, 1.165) is 37.0 Å². The Bertz CT molecular complexity index is 374. The van der Waals surface area contributed by atoms with Gasteiger partial charge in [-0.3, -0.25) is 0 Å². The highest BCUT2D eigenvalue weighted by molar-refractivity contribution is 6.32. The maximum absolute atomic E-state index is 11.7. The zero-order valence-corrected chi connectivity index (χ0v) is 10.2. The molecular formula is C13H18N2O2. The molecule has 0 atom stereocenters. The van der Waals surface area contributed by atoms with Crippen molar-refractivity contribution in [3.8, 4) is 0 Å². The predicted molar refractivity (Wildman–Crippen MR) is 61.3 cm³/mol. The van der Waals surface area contributed by atoms with Gasteiger partial charge in [0, 0.05) is 6.92 Å². The SMILES string of the molecule is CC(=[N+]=[N-])C(=O)OC12CC3CC(CC(C3)C1)C2. The molecule has 4 saturated carbocycles. The zero-order chi connectivity index (χ0) is 12.0. The first-order valence-corrected chi connectivity index (χ1v) is 6.52. The lowest BCUT2D eigenvalue weighted by molar-refractivity contribution is -0.182. The summed E-state index contributed by atoms with van der Waals surface area (Å²) in [6.45, 7) is 1.49. The molecule has 0 spiro atoms. The number of hydrogen-bond acceptors (Lipinski definition) is 2. The summed E-state index contributed by atoms with van der Waals surface area (Å²) in [6.07, 6.45) is 7.02. The van der Waals surface area contributed by atoms with E-state index in [9.17, 15) is 4.79 Å². The molecule has 0 aromatic carbocycles. The molecule has 4 heteroatoms. The second kappa shape index (κ2) is 3.67. The van der Waals surface area contributed by atoms with Crippen molar-refractivity contribution in [3.05, 3.63) is 5.53 Å². The third-order valence-electron chi connectivity index (χ3n) is 4.74. The first-order chi connectivity index (χ1) is 8.10. The minimum absolute atomic E-state index is 0.0562. The summed E-state index contributed by atoms with van der Waals surface area (Å²) in [5, 5.41) is 0. The number of nitrogens with zero attached hydrogens (tertiary/aromatic N) is 2. The predicted octanol–water partition coefficient (Wildman–Crippen LogP) is 2.19. The van der Waals surface area contributed by atoms with Crippen LogP contribution in [0, 0.1) is 17.8 Å². The van der Waals surface area contributed by atoms with E-state index in [0.29, 0.717) is 0 Å². The van der Waals surface area contributed by atoms with Crippen molar-refractivity contribution < 1.29 is 14.3 Å². The van der Waals surface area contributed by atoms with Crippen LogP contribution in [0.1, 0.15) is 45.4 Å². The molecule has 0 aromatic heterocycles. The van der Waals surface area contributed by atoms with Crippen LogP contribution in [0.15, 0.2) is 0 Å². The Morgan fingerprint density at radius 1 is 1.18 bits per heavy atom. The molecule has 92 valence electrons. The molecule has 0 aromatic rings. The van der Waals surface area contributed by atoms with Crippen LogP contribution in [-0.2, 0) is 9.53 Å². The standard InChI is InChI=1S/C13H18N2O2/c1-8(15-14)12(16)17-13-5-9-2-10(6-13)4-11(3-9)7-13/h9-11H,2-7H2,1H3. The average Bonchev–Trinajstić information content (AvgIpc) is 2.25. The van der Waals surface area contributed by atoms with Gasteiger partial charge in [0.1, 0.15) is 5.60 Å². The van der Waals surface area contributed by atoms with Crippen LogP contribution in [-0.4, -0.2) is 22.1 Å².